The number of para-hydroxylation sites is 1. The second-order valence-electron chi connectivity index (χ2n) is 5.20. The van der Waals surface area contributed by atoms with Gasteiger partial charge in [0, 0.05) is 17.6 Å². The number of benzene rings is 1. The number of nitrogens with two attached hydrogens (primary N) is 1. The first-order chi connectivity index (χ1) is 9.86. The van der Waals surface area contributed by atoms with E-state index < -0.39 is 0 Å². The van der Waals surface area contributed by atoms with Gasteiger partial charge in [-0.05, 0) is 47.3 Å². The predicted octanol–water partition coefficient (Wildman–Crippen LogP) is 3.26. The van der Waals surface area contributed by atoms with Crippen molar-refractivity contribution < 1.29 is 4.79 Å². The Morgan fingerprint density at radius 1 is 1.48 bits per heavy atom. The molecule has 3 N–H and O–H groups in total. The highest BCUT2D eigenvalue weighted by Crippen LogP contribution is 2.29. The molecule has 0 bridgehead atoms. The predicted molar refractivity (Wildman–Crippen MR) is 91.8 cm³/mol. The molecule has 0 aromatic heterocycles. The number of nitrogens with zero attached hydrogens (tertiary/aromatic N) is 2. The van der Waals surface area contributed by atoms with E-state index in [0.29, 0.717) is 19.0 Å². The van der Waals surface area contributed by atoms with Gasteiger partial charge in [0.1, 0.15) is 0 Å². The highest BCUT2D eigenvalue weighted by Gasteiger charge is 2.18. The number of aryl methyl sites for hydroxylation is 1. The topological polar surface area (TPSA) is 70.7 Å². The molecule has 6 heteroatoms. The third kappa shape index (κ3) is 5.04. The van der Waals surface area contributed by atoms with Gasteiger partial charge in [0.2, 0.25) is 0 Å². The zero-order valence-electron chi connectivity index (χ0n) is 13.0. The molecule has 0 aliphatic heterocycles. The van der Waals surface area contributed by atoms with E-state index in [1.54, 1.807) is 4.90 Å². The van der Waals surface area contributed by atoms with Crippen molar-refractivity contribution in [3.05, 3.63) is 28.2 Å². The van der Waals surface area contributed by atoms with E-state index in [0.717, 1.165) is 15.7 Å². The molecule has 0 fully saturated rings. The van der Waals surface area contributed by atoms with Crippen molar-refractivity contribution in [2.75, 3.05) is 18.0 Å². The number of anilines is 1. The monoisotopic (exact) mass is 354 g/mol. The number of carbonyl (C=O) groups is 1. The van der Waals surface area contributed by atoms with Crippen molar-refractivity contribution >= 4 is 33.6 Å². The van der Waals surface area contributed by atoms with Crippen LogP contribution in [0, 0.1) is 12.8 Å². The van der Waals surface area contributed by atoms with Crippen LogP contribution >= 0.6 is 15.9 Å². The quantitative estimate of drug-likeness (QED) is 0.643. The zero-order valence-corrected chi connectivity index (χ0v) is 14.6. The summed E-state index contributed by atoms with van der Waals surface area (Å²) in [6.07, 6.45) is 0. The molecule has 21 heavy (non-hydrogen) atoms. The van der Waals surface area contributed by atoms with Crippen molar-refractivity contribution in [3.63, 3.8) is 0 Å². The van der Waals surface area contributed by atoms with Gasteiger partial charge in [0.15, 0.2) is 5.96 Å². The maximum atomic E-state index is 12.4. The summed E-state index contributed by atoms with van der Waals surface area (Å²) >= 11 is 3.49. The molecule has 0 saturated carbocycles. The van der Waals surface area contributed by atoms with Gasteiger partial charge in [0.05, 0.1) is 5.69 Å². The number of guanidine groups is 1. The third-order valence-electron chi connectivity index (χ3n) is 2.88. The van der Waals surface area contributed by atoms with E-state index in [9.17, 15) is 4.79 Å². The number of hydrogen-bond donors (Lipinski definition) is 2. The molecule has 1 aromatic carbocycles. The fourth-order valence-corrected chi connectivity index (χ4v) is 2.55. The van der Waals surface area contributed by atoms with Gasteiger partial charge in [-0.3, -0.25) is 15.2 Å². The number of aliphatic imine (C=N–C) groups is 1. The highest BCUT2D eigenvalue weighted by atomic mass is 79.9. The smallest absolute Gasteiger partial charge is 0.328 e. The second kappa shape index (κ2) is 8.02. The van der Waals surface area contributed by atoms with Crippen LogP contribution in [-0.2, 0) is 0 Å². The summed E-state index contributed by atoms with van der Waals surface area (Å²) in [5.41, 5.74) is 7.60. The summed E-state index contributed by atoms with van der Waals surface area (Å²) in [4.78, 5) is 18.1. The Labute approximate surface area is 134 Å². The Kier molecular flexibility index (Phi) is 6.68. The fraction of sp³-hybridized carbons (Fsp3) is 0.467. The summed E-state index contributed by atoms with van der Waals surface area (Å²) in [5, 5.41) is 2.63. The first-order valence-corrected chi connectivity index (χ1v) is 7.79. The summed E-state index contributed by atoms with van der Waals surface area (Å²) < 4.78 is 0.872. The Morgan fingerprint density at radius 3 is 2.67 bits per heavy atom. The molecule has 0 spiro atoms. The van der Waals surface area contributed by atoms with Gasteiger partial charge >= 0.3 is 6.03 Å². The second-order valence-corrected chi connectivity index (χ2v) is 6.05. The molecule has 5 nitrogen and oxygen atoms in total. The van der Waals surface area contributed by atoms with Gasteiger partial charge in [-0.15, -0.1) is 0 Å². The molecule has 0 heterocycles. The number of urea groups is 1. The Bertz CT molecular complexity index is 508. The van der Waals surface area contributed by atoms with Gasteiger partial charge in [0.25, 0.3) is 0 Å². The minimum atomic E-state index is -0.280. The molecule has 1 rings (SSSR count). The first-order valence-electron chi connectivity index (χ1n) is 7.00. The number of rotatable bonds is 4. The Balaban J connectivity index is 2.90. The Hall–Kier alpha value is -1.56. The van der Waals surface area contributed by atoms with Crippen LogP contribution in [0.2, 0.25) is 0 Å². The molecule has 0 saturated heterocycles. The van der Waals surface area contributed by atoms with Crippen LogP contribution in [0.25, 0.3) is 0 Å². The normalized spacial score (nSPS) is 11.6. The van der Waals surface area contributed by atoms with Crippen molar-refractivity contribution in [3.8, 4) is 0 Å². The molecule has 0 radical (unpaired) electrons. The molecular weight excluding hydrogens is 332 g/mol. The summed E-state index contributed by atoms with van der Waals surface area (Å²) in [5.74, 6) is 0.546. The molecule has 1 aromatic rings. The first kappa shape index (κ1) is 17.5. The van der Waals surface area contributed by atoms with E-state index >= 15 is 0 Å². The molecule has 116 valence electrons. The minimum absolute atomic E-state index is 0.150. The number of hydrogen-bond acceptors (Lipinski definition) is 2. The molecule has 0 atom stereocenters. The lowest BCUT2D eigenvalue weighted by atomic mass is 10.2. The standard InChI is InChI=1S/C15H23BrN4O/c1-5-20(13-11(4)7-6-8-12(13)16)15(21)19-14(17)18-9-10(2)3/h6-8,10H,5,9H2,1-4H3,(H3,17,18,19,21). The van der Waals surface area contributed by atoms with E-state index in [1.807, 2.05) is 45.9 Å². The lowest BCUT2D eigenvalue weighted by Crippen LogP contribution is -2.46. The van der Waals surface area contributed by atoms with Crippen molar-refractivity contribution in [2.45, 2.75) is 27.7 Å². The van der Waals surface area contributed by atoms with Crippen LogP contribution in [0.4, 0.5) is 10.5 Å². The van der Waals surface area contributed by atoms with Crippen LogP contribution in [0.3, 0.4) is 0 Å². The average molecular weight is 355 g/mol. The average Bonchev–Trinajstić information content (AvgIpc) is 2.40. The van der Waals surface area contributed by atoms with Crippen LogP contribution < -0.4 is 16.0 Å². The molecule has 0 aliphatic carbocycles. The van der Waals surface area contributed by atoms with Crippen LogP contribution in [0.5, 0.6) is 0 Å². The SMILES string of the molecule is CCN(C(=O)NC(N)=NCC(C)C)c1c(C)cccc1Br. The summed E-state index contributed by atoms with van der Waals surface area (Å²) in [7, 11) is 0. The number of halogens is 1. The molecule has 2 amide bonds. The number of nitrogens with one attached hydrogen (secondary N) is 1. The molecule has 0 unspecified atom stereocenters. The van der Waals surface area contributed by atoms with Gasteiger partial charge < -0.3 is 5.73 Å². The maximum absolute atomic E-state index is 12.4. The fourth-order valence-electron chi connectivity index (χ4n) is 1.87. The van der Waals surface area contributed by atoms with Crippen molar-refractivity contribution in [2.24, 2.45) is 16.6 Å². The minimum Gasteiger partial charge on any atom is -0.370 e. The third-order valence-corrected chi connectivity index (χ3v) is 3.52. The molecular formula is C15H23BrN4O. The zero-order chi connectivity index (χ0) is 16.0. The number of carbonyl (C=O) groups excluding carboxylic acids is 1. The van der Waals surface area contributed by atoms with Crippen molar-refractivity contribution in [1.82, 2.24) is 5.32 Å². The van der Waals surface area contributed by atoms with E-state index in [-0.39, 0.29) is 12.0 Å². The van der Waals surface area contributed by atoms with Crippen LogP contribution in [-0.4, -0.2) is 25.1 Å². The largest absolute Gasteiger partial charge is 0.370 e. The number of amides is 2. The van der Waals surface area contributed by atoms with Crippen LogP contribution in [0.1, 0.15) is 26.3 Å². The lowest BCUT2D eigenvalue weighted by Gasteiger charge is -2.24. The summed E-state index contributed by atoms with van der Waals surface area (Å²) in [6, 6.07) is 5.53. The van der Waals surface area contributed by atoms with Gasteiger partial charge in [-0.2, -0.15) is 0 Å². The van der Waals surface area contributed by atoms with E-state index in [1.165, 1.54) is 0 Å². The molecule has 0 aliphatic rings. The van der Waals surface area contributed by atoms with Gasteiger partial charge in [-0.25, -0.2) is 4.79 Å². The van der Waals surface area contributed by atoms with Crippen molar-refractivity contribution in [1.29, 1.82) is 0 Å². The van der Waals surface area contributed by atoms with E-state index in [2.05, 4.69) is 26.2 Å². The van der Waals surface area contributed by atoms with E-state index in [4.69, 9.17) is 5.73 Å². The highest BCUT2D eigenvalue weighted by molar-refractivity contribution is 9.10. The summed E-state index contributed by atoms with van der Waals surface area (Å²) in [6.45, 7) is 9.09. The Morgan fingerprint density at radius 2 is 2.14 bits per heavy atom. The van der Waals surface area contributed by atoms with Crippen LogP contribution in [0.15, 0.2) is 27.7 Å². The lowest BCUT2D eigenvalue weighted by molar-refractivity contribution is 0.250. The van der Waals surface area contributed by atoms with Gasteiger partial charge in [-0.1, -0.05) is 26.0 Å². The maximum Gasteiger partial charge on any atom is 0.328 e.